The van der Waals surface area contributed by atoms with Gasteiger partial charge in [0.1, 0.15) is 0 Å². The van der Waals surface area contributed by atoms with Crippen LogP contribution in [0.4, 0.5) is 5.69 Å². The third kappa shape index (κ3) is 3.88. The van der Waals surface area contributed by atoms with Crippen molar-refractivity contribution in [1.29, 1.82) is 0 Å². The minimum atomic E-state index is 0.279. The largest absolute Gasteiger partial charge is 0.369 e. The first-order valence-corrected chi connectivity index (χ1v) is 10.8. The lowest BCUT2D eigenvalue weighted by molar-refractivity contribution is 0.0925. The first-order chi connectivity index (χ1) is 13.5. The number of anilines is 1. The summed E-state index contributed by atoms with van der Waals surface area (Å²) >= 11 is 0. The molecule has 0 unspecified atom stereocenters. The van der Waals surface area contributed by atoms with E-state index in [9.17, 15) is 4.79 Å². The van der Waals surface area contributed by atoms with Crippen molar-refractivity contribution < 1.29 is 4.79 Å². The molecular formula is C24H33N3O. The van der Waals surface area contributed by atoms with Crippen molar-refractivity contribution in [2.75, 3.05) is 37.6 Å². The Morgan fingerprint density at radius 2 is 1.71 bits per heavy atom. The maximum Gasteiger partial charge on any atom is 0.178 e. The van der Waals surface area contributed by atoms with Gasteiger partial charge in [0.25, 0.3) is 0 Å². The Bertz CT molecular complexity index is 840. The topological polar surface area (TPSA) is 28.5 Å². The molecule has 4 rings (SSSR count). The lowest BCUT2D eigenvalue weighted by Crippen LogP contribution is -2.48. The normalized spacial score (nSPS) is 18.8. The van der Waals surface area contributed by atoms with Crippen LogP contribution in [0.15, 0.2) is 30.3 Å². The molecule has 2 fully saturated rings. The molecule has 1 saturated carbocycles. The van der Waals surface area contributed by atoms with Crippen LogP contribution < -0.4 is 4.90 Å². The summed E-state index contributed by atoms with van der Waals surface area (Å²) in [6, 6.07) is 11.4. The van der Waals surface area contributed by atoms with Crippen molar-refractivity contribution in [2.24, 2.45) is 0 Å². The van der Waals surface area contributed by atoms with E-state index in [0.717, 1.165) is 31.7 Å². The smallest absolute Gasteiger partial charge is 0.178 e. The van der Waals surface area contributed by atoms with E-state index < -0.39 is 0 Å². The molecule has 0 spiro atoms. The Kier molecular flexibility index (Phi) is 5.58. The number of aromatic nitrogens is 1. The highest BCUT2D eigenvalue weighted by atomic mass is 16.1. The summed E-state index contributed by atoms with van der Waals surface area (Å²) in [5.41, 5.74) is 5.95. The zero-order valence-corrected chi connectivity index (χ0v) is 17.6. The number of benzene rings is 1. The molecule has 0 amide bonds. The monoisotopic (exact) mass is 379 g/mol. The Labute approximate surface area is 169 Å². The van der Waals surface area contributed by atoms with Gasteiger partial charge in [-0.05, 0) is 57.4 Å². The predicted octanol–water partition coefficient (Wildman–Crippen LogP) is 4.53. The first-order valence-electron chi connectivity index (χ1n) is 10.8. The van der Waals surface area contributed by atoms with Gasteiger partial charge in [0.05, 0.1) is 6.54 Å². The lowest BCUT2D eigenvalue weighted by atomic mass is 10.1. The maximum absolute atomic E-state index is 13.0. The Morgan fingerprint density at radius 3 is 2.39 bits per heavy atom. The van der Waals surface area contributed by atoms with Gasteiger partial charge in [-0.25, -0.2) is 0 Å². The SMILES string of the molecule is Cc1cccc(N2CCN(CC(=O)c3cc(C)n(C4CCCC4)c3C)CC2)c1. The average Bonchev–Trinajstić information content (AvgIpc) is 3.30. The molecule has 4 heteroatoms. The molecule has 150 valence electrons. The molecule has 28 heavy (non-hydrogen) atoms. The van der Waals surface area contributed by atoms with Gasteiger partial charge in [0.2, 0.25) is 0 Å². The summed E-state index contributed by atoms with van der Waals surface area (Å²) in [5.74, 6) is 0.279. The van der Waals surface area contributed by atoms with Crippen LogP contribution in [-0.2, 0) is 0 Å². The zero-order chi connectivity index (χ0) is 19.7. The number of hydrogen-bond acceptors (Lipinski definition) is 3. The molecule has 2 heterocycles. The summed E-state index contributed by atoms with van der Waals surface area (Å²) in [4.78, 5) is 17.8. The van der Waals surface area contributed by atoms with Crippen molar-refractivity contribution >= 4 is 11.5 Å². The molecule has 1 aliphatic heterocycles. The fraction of sp³-hybridized carbons (Fsp3) is 0.542. The van der Waals surface area contributed by atoms with Crippen LogP contribution in [0.3, 0.4) is 0 Å². The maximum atomic E-state index is 13.0. The number of ketones is 1. The fourth-order valence-corrected chi connectivity index (χ4v) is 5.06. The molecular weight excluding hydrogens is 346 g/mol. The average molecular weight is 380 g/mol. The molecule has 0 N–H and O–H groups in total. The van der Waals surface area contributed by atoms with Gasteiger partial charge < -0.3 is 9.47 Å². The number of piperazine rings is 1. The van der Waals surface area contributed by atoms with E-state index >= 15 is 0 Å². The van der Waals surface area contributed by atoms with E-state index in [4.69, 9.17) is 0 Å². The van der Waals surface area contributed by atoms with E-state index in [-0.39, 0.29) is 5.78 Å². The number of nitrogens with zero attached hydrogens (tertiary/aromatic N) is 3. The van der Waals surface area contributed by atoms with E-state index in [0.29, 0.717) is 12.6 Å². The van der Waals surface area contributed by atoms with Gasteiger partial charge in [-0.15, -0.1) is 0 Å². The van der Waals surface area contributed by atoms with Crippen molar-refractivity contribution in [3.05, 3.63) is 52.8 Å². The van der Waals surface area contributed by atoms with E-state index in [1.54, 1.807) is 0 Å². The second-order valence-electron chi connectivity index (χ2n) is 8.62. The second-order valence-corrected chi connectivity index (χ2v) is 8.62. The van der Waals surface area contributed by atoms with Crippen LogP contribution in [-0.4, -0.2) is 48.0 Å². The van der Waals surface area contributed by atoms with Crippen molar-refractivity contribution in [3.8, 4) is 0 Å². The van der Waals surface area contributed by atoms with Gasteiger partial charge in [-0.2, -0.15) is 0 Å². The third-order valence-corrected chi connectivity index (χ3v) is 6.58. The minimum Gasteiger partial charge on any atom is -0.369 e. The van der Waals surface area contributed by atoms with Crippen LogP contribution in [0, 0.1) is 20.8 Å². The standard InChI is InChI=1S/C24H33N3O/c1-18-7-6-10-22(15-18)26-13-11-25(12-14-26)17-24(28)23-16-19(2)27(20(23)3)21-8-4-5-9-21/h6-7,10,15-16,21H,4-5,8-9,11-14,17H2,1-3H3. The van der Waals surface area contributed by atoms with Gasteiger partial charge >= 0.3 is 0 Å². The summed E-state index contributed by atoms with van der Waals surface area (Å²) in [6.45, 7) is 10.8. The molecule has 1 aliphatic carbocycles. The Hall–Kier alpha value is -2.07. The van der Waals surface area contributed by atoms with Crippen LogP contribution in [0.5, 0.6) is 0 Å². The molecule has 1 aromatic carbocycles. The number of hydrogen-bond donors (Lipinski definition) is 0. The molecule has 0 bridgehead atoms. The number of rotatable bonds is 5. The summed E-state index contributed by atoms with van der Waals surface area (Å²) < 4.78 is 2.43. The van der Waals surface area contributed by atoms with Crippen LogP contribution in [0.2, 0.25) is 0 Å². The highest BCUT2D eigenvalue weighted by molar-refractivity contribution is 5.99. The second kappa shape index (κ2) is 8.12. The highest BCUT2D eigenvalue weighted by Crippen LogP contribution is 2.33. The fourth-order valence-electron chi connectivity index (χ4n) is 5.06. The van der Waals surface area contributed by atoms with E-state index in [2.05, 4.69) is 65.5 Å². The summed E-state index contributed by atoms with van der Waals surface area (Å²) in [5, 5.41) is 0. The van der Waals surface area contributed by atoms with Crippen LogP contribution in [0.1, 0.15) is 59.0 Å². The van der Waals surface area contributed by atoms with E-state index in [1.807, 2.05) is 0 Å². The summed E-state index contributed by atoms with van der Waals surface area (Å²) in [7, 11) is 0. The number of aryl methyl sites for hydroxylation is 2. The molecule has 4 nitrogen and oxygen atoms in total. The zero-order valence-electron chi connectivity index (χ0n) is 17.6. The highest BCUT2D eigenvalue weighted by Gasteiger charge is 2.25. The van der Waals surface area contributed by atoms with Crippen LogP contribution in [0.25, 0.3) is 0 Å². The first kappa shape index (κ1) is 19.3. The van der Waals surface area contributed by atoms with Gasteiger partial charge in [-0.3, -0.25) is 9.69 Å². The quantitative estimate of drug-likeness (QED) is 0.715. The van der Waals surface area contributed by atoms with Gasteiger partial charge in [0, 0.05) is 54.9 Å². The molecule has 2 aliphatic rings. The van der Waals surface area contributed by atoms with Crippen molar-refractivity contribution in [2.45, 2.75) is 52.5 Å². The Balaban J connectivity index is 1.38. The van der Waals surface area contributed by atoms with Crippen molar-refractivity contribution in [1.82, 2.24) is 9.47 Å². The molecule has 2 aromatic rings. The molecule has 1 saturated heterocycles. The van der Waals surface area contributed by atoms with E-state index in [1.165, 1.54) is 48.3 Å². The summed E-state index contributed by atoms with van der Waals surface area (Å²) in [6.07, 6.45) is 5.14. The number of carbonyl (C=O) groups excluding carboxylic acids is 1. The lowest BCUT2D eigenvalue weighted by Gasteiger charge is -2.35. The molecule has 0 radical (unpaired) electrons. The minimum absolute atomic E-state index is 0.279. The Morgan fingerprint density at radius 1 is 1.00 bits per heavy atom. The number of Topliss-reactive ketones (excluding diaryl/α,β-unsaturated/α-hetero) is 1. The number of carbonyl (C=O) groups is 1. The molecule has 0 atom stereocenters. The van der Waals surface area contributed by atoms with Crippen LogP contribution >= 0.6 is 0 Å². The van der Waals surface area contributed by atoms with Gasteiger partial charge in [0.15, 0.2) is 5.78 Å². The predicted molar refractivity (Wildman–Crippen MR) is 116 cm³/mol. The van der Waals surface area contributed by atoms with Crippen molar-refractivity contribution in [3.63, 3.8) is 0 Å². The van der Waals surface area contributed by atoms with Gasteiger partial charge in [-0.1, -0.05) is 25.0 Å². The molecule has 1 aromatic heterocycles. The third-order valence-electron chi connectivity index (χ3n) is 6.58.